The fourth-order valence-corrected chi connectivity index (χ4v) is 3.57. The number of hydrogen-bond donors (Lipinski definition) is 10. The predicted molar refractivity (Wildman–Crippen MR) is 155 cm³/mol. The average molecular weight is 615 g/mol. The Labute approximate surface area is 249 Å². The first-order valence-electron chi connectivity index (χ1n) is 13.8. The van der Waals surface area contributed by atoms with Gasteiger partial charge in [-0.3, -0.25) is 33.8 Å². The van der Waals surface area contributed by atoms with Crippen molar-refractivity contribution in [2.45, 2.75) is 77.5 Å². The lowest BCUT2D eigenvalue weighted by molar-refractivity contribution is -0.143. The largest absolute Gasteiger partial charge is 0.480 e. The number of rotatable bonds is 20. The van der Waals surface area contributed by atoms with Crippen LogP contribution in [0.5, 0.6) is 0 Å². The number of carbonyl (C=O) groups excluding carboxylic acids is 6. The van der Waals surface area contributed by atoms with Crippen molar-refractivity contribution in [3.05, 3.63) is 0 Å². The Morgan fingerprint density at radius 1 is 0.791 bits per heavy atom. The summed E-state index contributed by atoms with van der Waals surface area (Å²) in [6, 6.07) is -4.65. The minimum Gasteiger partial charge on any atom is -0.480 e. The summed E-state index contributed by atoms with van der Waals surface area (Å²) in [5, 5.41) is 20.9. The van der Waals surface area contributed by atoms with E-state index < -0.39 is 91.0 Å². The third kappa shape index (κ3) is 15.9. The van der Waals surface area contributed by atoms with E-state index in [1.807, 2.05) is 0 Å². The first-order chi connectivity index (χ1) is 20.0. The van der Waals surface area contributed by atoms with Gasteiger partial charge in [0.2, 0.25) is 35.4 Å². The van der Waals surface area contributed by atoms with Gasteiger partial charge in [0, 0.05) is 6.54 Å². The van der Waals surface area contributed by atoms with Crippen LogP contribution in [0, 0.1) is 11.8 Å². The molecule has 0 spiro atoms. The van der Waals surface area contributed by atoms with Crippen LogP contribution < -0.4 is 49.5 Å². The maximum absolute atomic E-state index is 12.9. The Morgan fingerprint density at radius 3 is 1.84 bits per heavy atom. The van der Waals surface area contributed by atoms with Crippen molar-refractivity contribution in [2.24, 2.45) is 39.8 Å². The van der Waals surface area contributed by atoms with Gasteiger partial charge in [0.25, 0.3) is 0 Å². The Kier molecular flexibility index (Phi) is 17.6. The number of carboxylic acids is 1. The van der Waals surface area contributed by atoms with Gasteiger partial charge >= 0.3 is 5.97 Å². The van der Waals surface area contributed by atoms with E-state index in [2.05, 4.69) is 31.6 Å². The molecule has 0 aliphatic carbocycles. The van der Waals surface area contributed by atoms with Gasteiger partial charge in [-0.1, -0.05) is 34.1 Å². The molecule has 0 radical (unpaired) electrons. The molecular formula is C25H46N10O8. The van der Waals surface area contributed by atoms with E-state index >= 15 is 0 Å². The standard InChI is InChI=1S/C25H46N10O8/c1-5-13(4)20(35-21(39)14(26)7-6-8-30-25(28)29)23(41)32-10-17(37)33-15(9-16(27)36)22(40)31-11-18(38)34-19(12(2)3)24(42)43/h12-15,19-20H,5-11,26H2,1-4H3,(H2,27,36)(H,31,40)(H,32,41)(H,33,37)(H,34,38)(H,35,39)(H,42,43)(H4,28,29,30)/t13-,14-,15-,19-,20-/m0/s1. The lowest BCUT2D eigenvalue weighted by Crippen LogP contribution is -2.56. The molecule has 0 fully saturated rings. The summed E-state index contributed by atoms with van der Waals surface area (Å²) in [4.78, 5) is 89.2. The molecule has 0 aromatic carbocycles. The number of aliphatic carboxylic acids is 1. The zero-order valence-electron chi connectivity index (χ0n) is 25.0. The lowest BCUT2D eigenvalue weighted by Gasteiger charge is -2.25. The van der Waals surface area contributed by atoms with Gasteiger partial charge in [0.05, 0.1) is 25.6 Å². The number of nitrogens with one attached hydrogen (secondary N) is 5. The number of guanidine groups is 1. The van der Waals surface area contributed by atoms with Crippen LogP contribution in [0.1, 0.15) is 53.4 Å². The molecule has 0 rings (SSSR count). The second-order valence-electron chi connectivity index (χ2n) is 10.3. The van der Waals surface area contributed by atoms with Crippen molar-refractivity contribution in [2.75, 3.05) is 19.6 Å². The van der Waals surface area contributed by atoms with Crippen LogP contribution in [0.4, 0.5) is 0 Å². The highest BCUT2D eigenvalue weighted by molar-refractivity contribution is 5.96. The van der Waals surface area contributed by atoms with E-state index in [1.165, 1.54) is 0 Å². The van der Waals surface area contributed by atoms with Gasteiger partial charge in [-0.05, 0) is 24.7 Å². The molecule has 0 saturated carbocycles. The Morgan fingerprint density at radius 2 is 1.35 bits per heavy atom. The molecule has 0 heterocycles. The molecule has 0 aromatic heterocycles. The first-order valence-corrected chi connectivity index (χ1v) is 13.8. The van der Waals surface area contributed by atoms with Crippen LogP contribution in [-0.2, 0) is 33.6 Å². The van der Waals surface area contributed by atoms with E-state index in [0.29, 0.717) is 12.8 Å². The molecule has 244 valence electrons. The summed E-state index contributed by atoms with van der Waals surface area (Å²) in [6.07, 6.45) is 0.563. The monoisotopic (exact) mass is 614 g/mol. The number of hydrogen-bond acceptors (Lipinski definition) is 9. The fourth-order valence-electron chi connectivity index (χ4n) is 3.57. The minimum atomic E-state index is -1.49. The van der Waals surface area contributed by atoms with Crippen LogP contribution in [-0.4, -0.2) is 96.3 Å². The Bertz CT molecular complexity index is 1030. The van der Waals surface area contributed by atoms with Crippen LogP contribution in [0.3, 0.4) is 0 Å². The topological polar surface area (TPSA) is 316 Å². The molecular weight excluding hydrogens is 568 g/mol. The van der Waals surface area contributed by atoms with Crippen molar-refractivity contribution in [3.8, 4) is 0 Å². The maximum Gasteiger partial charge on any atom is 0.326 e. The maximum atomic E-state index is 12.9. The van der Waals surface area contributed by atoms with Gasteiger partial charge in [-0.25, -0.2) is 4.79 Å². The smallest absolute Gasteiger partial charge is 0.326 e. The number of nitrogens with two attached hydrogens (primary N) is 4. The predicted octanol–water partition coefficient (Wildman–Crippen LogP) is -4.28. The van der Waals surface area contributed by atoms with E-state index in [4.69, 9.17) is 22.9 Å². The van der Waals surface area contributed by atoms with Crippen molar-refractivity contribution in [1.29, 1.82) is 0 Å². The summed E-state index contributed by atoms with van der Waals surface area (Å²) in [5.41, 5.74) is 21.6. The molecule has 18 nitrogen and oxygen atoms in total. The summed E-state index contributed by atoms with van der Waals surface area (Å²) in [5.74, 6) is -6.93. The number of primary amides is 1. The number of nitrogens with zero attached hydrogens (tertiary/aromatic N) is 1. The number of aliphatic imine (C=N–C) groups is 1. The molecule has 0 aromatic rings. The van der Waals surface area contributed by atoms with E-state index in [9.17, 15) is 38.7 Å². The molecule has 18 heteroatoms. The number of amides is 6. The second-order valence-corrected chi connectivity index (χ2v) is 10.3. The summed E-state index contributed by atoms with van der Waals surface area (Å²) in [6.45, 7) is 5.71. The highest BCUT2D eigenvalue weighted by atomic mass is 16.4. The van der Waals surface area contributed by atoms with Crippen molar-refractivity contribution >= 4 is 47.4 Å². The van der Waals surface area contributed by atoms with Crippen LogP contribution in [0.25, 0.3) is 0 Å². The highest BCUT2D eigenvalue weighted by Gasteiger charge is 2.29. The molecule has 0 unspecified atom stereocenters. The third-order valence-corrected chi connectivity index (χ3v) is 6.25. The second kappa shape index (κ2) is 19.6. The molecule has 6 amide bonds. The fraction of sp³-hybridized carbons (Fsp3) is 0.680. The van der Waals surface area contributed by atoms with Crippen molar-refractivity contribution in [3.63, 3.8) is 0 Å². The van der Waals surface area contributed by atoms with Gasteiger partial charge in [0.15, 0.2) is 5.96 Å². The summed E-state index contributed by atoms with van der Waals surface area (Å²) < 4.78 is 0. The van der Waals surface area contributed by atoms with Gasteiger partial charge < -0.3 is 54.6 Å². The van der Waals surface area contributed by atoms with Gasteiger partial charge in [-0.15, -0.1) is 0 Å². The molecule has 5 atom stereocenters. The van der Waals surface area contributed by atoms with Gasteiger partial charge in [0.1, 0.15) is 18.1 Å². The highest BCUT2D eigenvalue weighted by Crippen LogP contribution is 2.09. The summed E-state index contributed by atoms with van der Waals surface area (Å²) >= 11 is 0. The Balaban J connectivity index is 5.14. The molecule has 0 bridgehead atoms. The molecule has 0 saturated heterocycles. The zero-order chi connectivity index (χ0) is 33.3. The lowest BCUT2D eigenvalue weighted by atomic mass is 9.97. The SMILES string of the molecule is CC[C@H](C)[C@H](NC(=O)[C@@H](N)CCCN=C(N)N)C(=O)NCC(=O)N[C@@H](CC(N)=O)C(=O)NCC(=O)N[C@H](C(=O)O)C(C)C. The summed E-state index contributed by atoms with van der Waals surface area (Å²) in [7, 11) is 0. The van der Waals surface area contributed by atoms with E-state index in [1.54, 1.807) is 27.7 Å². The quantitative estimate of drug-likeness (QED) is 0.0355. The van der Waals surface area contributed by atoms with Crippen molar-refractivity contribution in [1.82, 2.24) is 26.6 Å². The molecule has 0 aliphatic rings. The molecule has 0 aliphatic heterocycles. The first kappa shape index (κ1) is 38.5. The molecule has 43 heavy (non-hydrogen) atoms. The van der Waals surface area contributed by atoms with Crippen LogP contribution >= 0.6 is 0 Å². The van der Waals surface area contributed by atoms with Crippen molar-refractivity contribution < 1.29 is 38.7 Å². The Hall–Kier alpha value is -4.48. The normalized spacial score (nSPS) is 14.2. The van der Waals surface area contributed by atoms with Crippen LogP contribution in [0.2, 0.25) is 0 Å². The zero-order valence-corrected chi connectivity index (χ0v) is 25.0. The van der Waals surface area contributed by atoms with Crippen LogP contribution in [0.15, 0.2) is 4.99 Å². The number of carbonyl (C=O) groups is 7. The average Bonchev–Trinajstić information content (AvgIpc) is 2.92. The number of carboxylic acid groups (broad SMARTS) is 1. The molecule has 14 N–H and O–H groups in total. The minimum absolute atomic E-state index is 0.0858. The third-order valence-electron chi connectivity index (χ3n) is 6.25. The van der Waals surface area contributed by atoms with E-state index in [0.717, 1.165) is 0 Å². The van der Waals surface area contributed by atoms with Gasteiger partial charge in [-0.2, -0.15) is 0 Å². The van der Waals surface area contributed by atoms with E-state index in [-0.39, 0.29) is 24.8 Å².